The van der Waals surface area contributed by atoms with E-state index in [4.69, 9.17) is 5.11 Å². The number of carboxylic acid groups (broad SMARTS) is 1. The summed E-state index contributed by atoms with van der Waals surface area (Å²) in [5, 5.41) is 8.73. The fraction of sp³-hybridized carbons (Fsp3) is 0.429. The number of nitrogens with zero attached hydrogens (tertiary/aromatic N) is 1. The van der Waals surface area contributed by atoms with E-state index in [0.717, 1.165) is 0 Å². The van der Waals surface area contributed by atoms with Gasteiger partial charge in [0.25, 0.3) is 0 Å². The predicted molar refractivity (Wildman–Crippen MR) is 77.0 cm³/mol. The van der Waals surface area contributed by atoms with Gasteiger partial charge in [-0.25, -0.2) is 4.39 Å². The van der Waals surface area contributed by atoms with Crippen molar-refractivity contribution in [2.75, 3.05) is 18.6 Å². The number of amides is 1. The van der Waals surface area contributed by atoms with Gasteiger partial charge < -0.3 is 10.0 Å². The smallest absolute Gasteiger partial charge is 0.307 e. The number of benzene rings is 1. The molecule has 1 atom stereocenters. The van der Waals surface area contributed by atoms with Crippen LogP contribution in [0.1, 0.15) is 12.5 Å². The van der Waals surface area contributed by atoms with Gasteiger partial charge >= 0.3 is 5.97 Å². The molecule has 1 rings (SSSR count). The van der Waals surface area contributed by atoms with Crippen molar-refractivity contribution in [1.82, 2.24) is 4.90 Å². The first-order valence-corrected chi connectivity index (χ1v) is 7.35. The molecule has 20 heavy (non-hydrogen) atoms. The summed E-state index contributed by atoms with van der Waals surface area (Å²) in [6.45, 7) is 1.81. The first kappa shape index (κ1) is 16.5. The normalized spacial score (nSPS) is 11.9. The Labute approximate surface area is 122 Å². The van der Waals surface area contributed by atoms with E-state index in [1.165, 1.54) is 22.7 Å². The number of halogens is 1. The molecule has 0 radical (unpaired) electrons. The Hall–Kier alpha value is -1.56. The highest BCUT2D eigenvalue weighted by atomic mass is 32.2. The molecule has 0 spiro atoms. The zero-order chi connectivity index (χ0) is 15.1. The molecular formula is C14H18FNO3S. The Morgan fingerprint density at radius 1 is 1.40 bits per heavy atom. The average Bonchev–Trinajstić information content (AvgIpc) is 2.40. The van der Waals surface area contributed by atoms with Crippen LogP contribution in [-0.4, -0.2) is 40.4 Å². The van der Waals surface area contributed by atoms with Gasteiger partial charge in [-0.3, -0.25) is 9.59 Å². The van der Waals surface area contributed by atoms with Crippen molar-refractivity contribution in [2.45, 2.75) is 13.5 Å². The van der Waals surface area contributed by atoms with Crippen LogP contribution in [0.4, 0.5) is 4.39 Å². The zero-order valence-corrected chi connectivity index (χ0v) is 12.3. The van der Waals surface area contributed by atoms with Crippen molar-refractivity contribution >= 4 is 23.6 Å². The minimum absolute atomic E-state index is 0.143. The first-order valence-electron chi connectivity index (χ1n) is 6.19. The lowest BCUT2D eigenvalue weighted by Gasteiger charge is -2.17. The Bertz CT molecular complexity index is 481. The molecule has 0 saturated carbocycles. The van der Waals surface area contributed by atoms with Gasteiger partial charge in [0.05, 0.1) is 11.7 Å². The monoisotopic (exact) mass is 299 g/mol. The summed E-state index contributed by atoms with van der Waals surface area (Å²) in [5.41, 5.74) is 0.465. The van der Waals surface area contributed by atoms with Crippen molar-refractivity contribution in [1.29, 1.82) is 0 Å². The van der Waals surface area contributed by atoms with Crippen LogP contribution in [0.5, 0.6) is 0 Å². The van der Waals surface area contributed by atoms with E-state index in [1.54, 1.807) is 32.2 Å². The molecule has 0 heterocycles. The SMILES string of the molecule is CC(CSCC(=O)N(C)Cc1ccccc1F)C(=O)O. The summed E-state index contributed by atoms with van der Waals surface area (Å²) in [5.74, 6) is -1.25. The second kappa shape index (κ2) is 7.89. The molecule has 1 amide bonds. The summed E-state index contributed by atoms with van der Waals surface area (Å²) in [4.78, 5) is 23.9. The van der Waals surface area contributed by atoms with Crippen LogP contribution in [0.25, 0.3) is 0 Å². The van der Waals surface area contributed by atoms with E-state index in [9.17, 15) is 14.0 Å². The number of rotatable bonds is 7. The number of thioether (sulfide) groups is 1. The molecule has 1 aromatic carbocycles. The van der Waals surface area contributed by atoms with E-state index < -0.39 is 11.9 Å². The molecule has 110 valence electrons. The van der Waals surface area contributed by atoms with Crippen molar-refractivity contribution in [3.8, 4) is 0 Å². The molecule has 0 aliphatic rings. The van der Waals surface area contributed by atoms with Crippen LogP contribution in [0.3, 0.4) is 0 Å². The number of carbonyl (C=O) groups is 2. The van der Waals surface area contributed by atoms with Crippen LogP contribution >= 0.6 is 11.8 Å². The van der Waals surface area contributed by atoms with Crippen molar-refractivity contribution in [3.63, 3.8) is 0 Å². The summed E-state index contributed by atoms with van der Waals surface area (Å²) < 4.78 is 13.5. The molecule has 0 saturated heterocycles. The molecular weight excluding hydrogens is 281 g/mol. The van der Waals surface area contributed by atoms with Gasteiger partial charge in [0.2, 0.25) is 5.91 Å². The van der Waals surface area contributed by atoms with Crippen LogP contribution < -0.4 is 0 Å². The minimum Gasteiger partial charge on any atom is -0.481 e. The third kappa shape index (κ3) is 5.21. The van der Waals surface area contributed by atoms with Crippen molar-refractivity contribution in [3.05, 3.63) is 35.6 Å². The van der Waals surface area contributed by atoms with Gasteiger partial charge in [-0.1, -0.05) is 25.1 Å². The molecule has 1 unspecified atom stereocenters. The van der Waals surface area contributed by atoms with Gasteiger partial charge in [-0.15, -0.1) is 0 Å². The largest absolute Gasteiger partial charge is 0.481 e. The molecule has 6 heteroatoms. The molecule has 1 N–H and O–H groups in total. The maximum atomic E-state index is 13.5. The van der Waals surface area contributed by atoms with Gasteiger partial charge in [0.1, 0.15) is 5.82 Å². The first-order chi connectivity index (χ1) is 9.41. The second-order valence-electron chi connectivity index (χ2n) is 4.60. The zero-order valence-electron chi connectivity index (χ0n) is 11.5. The average molecular weight is 299 g/mol. The van der Waals surface area contributed by atoms with Gasteiger partial charge in [0.15, 0.2) is 0 Å². The highest BCUT2D eigenvalue weighted by Gasteiger charge is 2.14. The third-order valence-electron chi connectivity index (χ3n) is 2.81. The van der Waals surface area contributed by atoms with Gasteiger partial charge in [0, 0.05) is 24.9 Å². The van der Waals surface area contributed by atoms with E-state index in [0.29, 0.717) is 11.3 Å². The van der Waals surface area contributed by atoms with Gasteiger partial charge in [-0.2, -0.15) is 11.8 Å². The number of carbonyl (C=O) groups excluding carboxylic acids is 1. The maximum absolute atomic E-state index is 13.5. The molecule has 1 aromatic rings. The van der Waals surface area contributed by atoms with Crippen LogP contribution in [0, 0.1) is 11.7 Å². The summed E-state index contributed by atoms with van der Waals surface area (Å²) in [7, 11) is 1.61. The number of hydrogen-bond acceptors (Lipinski definition) is 3. The van der Waals surface area contributed by atoms with Crippen LogP contribution in [0.2, 0.25) is 0 Å². The lowest BCUT2D eigenvalue weighted by molar-refractivity contribution is -0.140. The number of carboxylic acids is 1. The van der Waals surface area contributed by atoms with Gasteiger partial charge in [-0.05, 0) is 6.07 Å². The Morgan fingerprint density at radius 3 is 2.65 bits per heavy atom. The molecule has 0 aliphatic heterocycles. The molecule has 0 aliphatic carbocycles. The number of aliphatic carboxylic acids is 1. The van der Waals surface area contributed by atoms with Crippen LogP contribution in [-0.2, 0) is 16.1 Å². The van der Waals surface area contributed by atoms with Crippen LogP contribution in [0.15, 0.2) is 24.3 Å². The van der Waals surface area contributed by atoms with E-state index >= 15 is 0 Å². The maximum Gasteiger partial charge on any atom is 0.307 e. The van der Waals surface area contributed by atoms with E-state index in [2.05, 4.69) is 0 Å². The van der Waals surface area contributed by atoms with Crippen molar-refractivity contribution in [2.24, 2.45) is 5.92 Å². The Balaban J connectivity index is 2.40. The lowest BCUT2D eigenvalue weighted by Crippen LogP contribution is -2.28. The highest BCUT2D eigenvalue weighted by Crippen LogP contribution is 2.12. The molecule has 0 aromatic heterocycles. The Morgan fingerprint density at radius 2 is 2.05 bits per heavy atom. The lowest BCUT2D eigenvalue weighted by atomic mass is 10.2. The molecule has 4 nitrogen and oxygen atoms in total. The van der Waals surface area contributed by atoms with E-state index in [-0.39, 0.29) is 24.0 Å². The topological polar surface area (TPSA) is 57.6 Å². The quantitative estimate of drug-likeness (QED) is 0.839. The molecule has 0 fully saturated rings. The fourth-order valence-corrected chi connectivity index (χ4v) is 2.48. The third-order valence-corrected chi connectivity index (χ3v) is 3.99. The number of hydrogen-bond donors (Lipinski definition) is 1. The standard InChI is InChI=1S/C14H18FNO3S/c1-10(14(18)19)8-20-9-13(17)16(2)7-11-5-3-4-6-12(11)15/h3-6,10H,7-9H2,1-2H3,(H,18,19). The molecule has 0 bridgehead atoms. The highest BCUT2D eigenvalue weighted by molar-refractivity contribution is 7.99. The Kier molecular flexibility index (Phi) is 6.51. The minimum atomic E-state index is -0.871. The fourth-order valence-electron chi connectivity index (χ4n) is 1.47. The van der Waals surface area contributed by atoms with E-state index in [1.807, 2.05) is 0 Å². The predicted octanol–water partition coefficient (Wildman–Crippen LogP) is 2.24. The summed E-state index contributed by atoms with van der Waals surface area (Å²) in [6, 6.07) is 6.32. The summed E-state index contributed by atoms with van der Waals surface area (Å²) >= 11 is 1.28. The second-order valence-corrected chi connectivity index (χ2v) is 5.63. The summed E-state index contributed by atoms with van der Waals surface area (Å²) in [6.07, 6.45) is 0. The van der Waals surface area contributed by atoms with Crippen molar-refractivity contribution < 1.29 is 19.1 Å².